The molecule has 6 nitrogen and oxygen atoms in total. The van der Waals surface area contributed by atoms with E-state index >= 15 is 0 Å². The second-order valence-corrected chi connectivity index (χ2v) is 11.6. The van der Waals surface area contributed by atoms with E-state index in [0.29, 0.717) is 31.1 Å². The molecule has 0 radical (unpaired) electrons. The molecule has 0 bridgehead atoms. The molecular weight excluding hydrogens is 453 g/mol. The van der Waals surface area contributed by atoms with Crippen LogP contribution in [0.15, 0.2) is 47.4 Å². The SMILES string of the molecule is O=C(CN1CCCC1Cc1cccc(F)c1)N1CCCc2cc(S(=O)(=O)N3CCCC3)ccc21. The number of benzene rings is 2. The topological polar surface area (TPSA) is 60.9 Å². The van der Waals surface area contributed by atoms with Gasteiger partial charge < -0.3 is 4.90 Å². The van der Waals surface area contributed by atoms with E-state index < -0.39 is 10.0 Å². The van der Waals surface area contributed by atoms with Crippen molar-refractivity contribution in [2.45, 2.75) is 55.9 Å². The van der Waals surface area contributed by atoms with E-state index in [1.54, 1.807) is 28.6 Å². The third kappa shape index (κ3) is 4.76. The van der Waals surface area contributed by atoms with Crippen molar-refractivity contribution in [1.29, 1.82) is 0 Å². The molecule has 1 atom stereocenters. The summed E-state index contributed by atoms with van der Waals surface area (Å²) in [4.78, 5) is 17.7. The van der Waals surface area contributed by atoms with Gasteiger partial charge in [0.25, 0.3) is 0 Å². The zero-order chi connectivity index (χ0) is 23.7. The van der Waals surface area contributed by atoms with Crippen LogP contribution in [0.5, 0.6) is 0 Å². The highest BCUT2D eigenvalue weighted by Crippen LogP contribution is 2.32. The van der Waals surface area contributed by atoms with Crippen LogP contribution in [0.3, 0.4) is 0 Å². The number of amides is 1. The smallest absolute Gasteiger partial charge is 0.243 e. The predicted octanol–water partition coefficient (Wildman–Crippen LogP) is 3.60. The van der Waals surface area contributed by atoms with Gasteiger partial charge in [0.15, 0.2) is 0 Å². The first-order valence-electron chi connectivity index (χ1n) is 12.3. The molecule has 2 saturated heterocycles. The summed E-state index contributed by atoms with van der Waals surface area (Å²) in [6.07, 6.45) is 6.17. The summed E-state index contributed by atoms with van der Waals surface area (Å²) in [5, 5.41) is 0. The van der Waals surface area contributed by atoms with Crippen molar-refractivity contribution in [2.24, 2.45) is 0 Å². The van der Waals surface area contributed by atoms with Gasteiger partial charge in [0.2, 0.25) is 15.9 Å². The number of rotatable bonds is 6. The molecule has 2 aromatic rings. The molecule has 34 heavy (non-hydrogen) atoms. The van der Waals surface area contributed by atoms with Crippen LogP contribution in [-0.2, 0) is 27.7 Å². The Balaban J connectivity index is 1.30. The van der Waals surface area contributed by atoms with Crippen LogP contribution in [0.25, 0.3) is 0 Å². The predicted molar refractivity (Wildman–Crippen MR) is 130 cm³/mol. The van der Waals surface area contributed by atoms with E-state index in [1.165, 1.54) is 6.07 Å². The van der Waals surface area contributed by atoms with Gasteiger partial charge >= 0.3 is 0 Å². The highest BCUT2D eigenvalue weighted by Gasteiger charge is 2.32. The number of hydrogen-bond acceptors (Lipinski definition) is 4. The van der Waals surface area contributed by atoms with Gasteiger partial charge in [0.1, 0.15) is 5.82 Å². The van der Waals surface area contributed by atoms with E-state index in [0.717, 1.165) is 68.3 Å². The Kier molecular flexibility index (Phi) is 6.73. The summed E-state index contributed by atoms with van der Waals surface area (Å²) in [6, 6.07) is 12.2. The molecule has 182 valence electrons. The fourth-order valence-corrected chi connectivity index (χ4v) is 7.17. The molecular formula is C26H32FN3O3S. The van der Waals surface area contributed by atoms with Crippen molar-refractivity contribution in [1.82, 2.24) is 9.21 Å². The minimum Gasteiger partial charge on any atom is -0.311 e. The third-order valence-corrected chi connectivity index (χ3v) is 9.27. The molecule has 2 aromatic carbocycles. The summed E-state index contributed by atoms with van der Waals surface area (Å²) >= 11 is 0. The number of carbonyl (C=O) groups excluding carboxylic acids is 1. The van der Waals surface area contributed by atoms with Crippen LogP contribution in [-0.4, -0.2) is 62.3 Å². The van der Waals surface area contributed by atoms with Crippen LogP contribution in [0.2, 0.25) is 0 Å². The zero-order valence-electron chi connectivity index (χ0n) is 19.5. The molecule has 5 rings (SSSR count). The molecule has 0 aliphatic carbocycles. The summed E-state index contributed by atoms with van der Waals surface area (Å²) in [5.74, 6) is -0.184. The van der Waals surface area contributed by atoms with Gasteiger partial charge in [-0.05, 0) is 92.9 Å². The van der Waals surface area contributed by atoms with Gasteiger partial charge in [0, 0.05) is 31.4 Å². The number of halogens is 1. The summed E-state index contributed by atoms with van der Waals surface area (Å²) in [5.41, 5.74) is 2.72. The van der Waals surface area contributed by atoms with Crippen molar-refractivity contribution in [3.8, 4) is 0 Å². The minimum atomic E-state index is -3.47. The molecule has 8 heteroatoms. The van der Waals surface area contributed by atoms with Gasteiger partial charge in [-0.3, -0.25) is 9.69 Å². The number of anilines is 1. The normalized spacial score (nSPS) is 21.7. The van der Waals surface area contributed by atoms with E-state index in [1.807, 2.05) is 17.0 Å². The van der Waals surface area contributed by atoms with Crippen LogP contribution in [0.1, 0.15) is 43.2 Å². The van der Waals surface area contributed by atoms with Crippen molar-refractivity contribution in [3.05, 3.63) is 59.4 Å². The second kappa shape index (κ2) is 9.76. The van der Waals surface area contributed by atoms with Crippen LogP contribution in [0.4, 0.5) is 10.1 Å². The highest BCUT2D eigenvalue weighted by molar-refractivity contribution is 7.89. The Morgan fingerprint density at radius 1 is 0.971 bits per heavy atom. The average Bonchev–Trinajstić information content (AvgIpc) is 3.51. The van der Waals surface area contributed by atoms with E-state index in [2.05, 4.69) is 4.90 Å². The Labute approximate surface area is 201 Å². The lowest BCUT2D eigenvalue weighted by atomic mass is 10.0. The lowest BCUT2D eigenvalue weighted by Gasteiger charge is -2.33. The molecule has 0 saturated carbocycles. The van der Waals surface area contributed by atoms with Crippen LogP contribution in [0, 0.1) is 5.82 Å². The summed E-state index contributed by atoms with van der Waals surface area (Å²) in [7, 11) is -3.47. The number of nitrogens with zero attached hydrogens (tertiary/aromatic N) is 3. The van der Waals surface area contributed by atoms with E-state index in [-0.39, 0.29) is 17.8 Å². The first kappa shape index (κ1) is 23.5. The van der Waals surface area contributed by atoms with E-state index in [4.69, 9.17) is 0 Å². The summed E-state index contributed by atoms with van der Waals surface area (Å²) in [6.45, 7) is 2.99. The first-order valence-corrected chi connectivity index (χ1v) is 13.8. The van der Waals surface area contributed by atoms with Crippen molar-refractivity contribution >= 4 is 21.6 Å². The maximum Gasteiger partial charge on any atom is 0.243 e. The number of sulfonamides is 1. The van der Waals surface area contributed by atoms with Crippen molar-refractivity contribution in [3.63, 3.8) is 0 Å². The van der Waals surface area contributed by atoms with Crippen molar-refractivity contribution < 1.29 is 17.6 Å². The van der Waals surface area contributed by atoms with Crippen LogP contribution < -0.4 is 4.90 Å². The number of carbonyl (C=O) groups is 1. The number of fused-ring (bicyclic) bond motifs is 1. The second-order valence-electron chi connectivity index (χ2n) is 9.65. The molecule has 0 spiro atoms. The molecule has 3 heterocycles. The lowest BCUT2D eigenvalue weighted by Crippen LogP contribution is -2.44. The molecule has 0 aromatic heterocycles. The Bertz CT molecular complexity index is 1160. The van der Waals surface area contributed by atoms with Gasteiger partial charge in [-0.1, -0.05) is 12.1 Å². The largest absolute Gasteiger partial charge is 0.311 e. The monoisotopic (exact) mass is 485 g/mol. The Morgan fingerprint density at radius 3 is 2.59 bits per heavy atom. The maximum atomic E-state index is 13.6. The fourth-order valence-electron chi connectivity index (χ4n) is 5.60. The molecule has 1 amide bonds. The minimum absolute atomic E-state index is 0.0437. The molecule has 3 aliphatic heterocycles. The summed E-state index contributed by atoms with van der Waals surface area (Å²) < 4.78 is 41.1. The Hall–Kier alpha value is -2.29. The van der Waals surface area contributed by atoms with E-state index in [9.17, 15) is 17.6 Å². The molecule has 3 aliphatic rings. The maximum absolute atomic E-state index is 13.6. The number of aryl methyl sites for hydroxylation is 1. The van der Waals surface area contributed by atoms with Gasteiger partial charge in [-0.2, -0.15) is 4.31 Å². The molecule has 2 fully saturated rings. The lowest BCUT2D eigenvalue weighted by molar-refractivity contribution is -0.120. The van der Waals surface area contributed by atoms with Gasteiger partial charge in [-0.25, -0.2) is 12.8 Å². The van der Waals surface area contributed by atoms with Gasteiger partial charge in [0.05, 0.1) is 11.4 Å². The van der Waals surface area contributed by atoms with Crippen molar-refractivity contribution in [2.75, 3.05) is 37.6 Å². The molecule has 1 unspecified atom stereocenters. The quantitative estimate of drug-likeness (QED) is 0.627. The van der Waals surface area contributed by atoms with Gasteiger partial charge in [-0.15, -0.1) is 0 Å². The third-order valence-electron chi connectivity index (χ3n) is 7.37. The number of likely N-dealkylation sites (tertiary alicyclic amines) is 1. The average molecular weight is 486 g/mol. The molecule has 0 N–H and O–H groups in total. The Morgan fingerprint density at radius 2 is 1.79 bits per heavy atom. The standard InChI is InChI=1S/C26H32FN3O3S/c27-22-8-3-6-20(16-22)17-23-9-5-12-28(23)19-26(31)30-15-4-7-21-18-24(10-11-25(21)30)34(32,33)29-13-1-2-14-29/h3,6,8,10-11,16,18,23H,1-2,4-5,7,9,12-15,17,19H2. The first-order chi connectivity index (χ1) is 16.4. The highest BCUT2D eigenvalue weighted by atomic mass is 32.2. The zero-order valence-corrected chi connectivity index (χ0v) is 20.3. The van der Waals surface area contributed by atoms with Crippen LogP contribution >= 0.6 is 0 Å². The number of hydrogen-bond donors (Lipinski definition) is 0. The fraction of sp³-hybridized carbons (Fsp3) is 0.500.